The molecule has 0 spiro atoms. The van der Waals surface area contributed by atoms with E-state index in [2.05, 4.69) is 5.32 Å². The average Bonchev–Trinajstić information content (AvgIpc) is 2.78. The summed E-state index contributed by atoms with van der Waals surface area (Å²) in [5, 5.41) is 12.0. The van der Waals surface area contributed by atoms with Crippen LogP contribution in [0.1, 0.15) is 22.8 Å². The summed E-state index contributed by atoms with van der Waals surface area (Å²) in [6.07, 6.45) is 0.785. The molecule has 0 aromatic heterocycles. The number of nitrogens with one attached hydrogen (secondary N) is 1. The number of hydrogen-bond acceptors (Lipinski definition) is 3. The Bertz CT molecular complexity index is 485. The number of carboxylic acid groups (broad SMARTS) is 1. The lowest BCUT2D eigenvalue weighted by Gasteiger charge is -2.17. The predicted molar refractivity (Wildman–Crippen MR) is 68.0 cm³/mol. The van der Waals surface area contributed by atoms with Crippen LogP contribution in [0.2, 0.25) is 0 Å². The number of carbonyl (C=O) groups excluding carboxylic acids is 1. The highest BCUT2D eigenvalue weighted by atomic mass is 16.4. The zero-order valence-electron chi connectivity index (χ0n) is 10.3. The van der Waals surface area contributed by atoms with Crippen molar-refractivity contribution in [3.05, 3.63) is 29.3 Å². The molecule has 0 aliphatic carbocycles. The van der Waals surface area contributed by atoms with Crippen LogP contribution in [0.3, 0.4) is 0 Å². The fourth-order valence-corrected chi connectivity index (χ4v) is 2.10. The number of amides is 1. The lowest BCUT2D eigenvalue weighted by atomic mass is 10.1. The Morgan fingerprint density at radius 2 is 2.22 bits per heavy atom. The molecular weight excluding hydrogens is 232 g/mol. The minimum absolute atomic E-state index is 0.0156. The van der Waals surface area contributed by atoms with E-state index >= 15 is 0 Å². The number of nitrogens with zero attached hydrogens (tertiary/aromatic N) is 1. The van der Waals surface area contributed by atoms with E-state index in [1.165, 1.54) is 0 Å². The summed E-state index contributed by atoms with van der Waals surface area (Å²) in [5.74, 6) is -0.984. The van der Waals surface area contributed by atoms with Crippen molar-refractivity contribution in [1.82, 2.24) is 5.32 Å². The first kappa shape index (κ1) is 12.6. The molecule has 2 rings (SSSR count). The summed E-state index contributed by atoms with van der Waals surface area (Å²) >= 11 is 0. The Morgan fingerprint density at radius 3 is 2.89 bits per heavy atom. The molecule has 18 heavy (non-hydrogen) atoms. The third kappa shape index (κ3) is 2.36. The SMILES string of the molecule is CCNCC(=O)N1CCc2ccc(C(=O)O)cc21. The number of fused-ring (bicyclic) bond motifs is 1. The molecule has 1 heterocycles. The first-order valence-electron chi connectivity index (χ1n) is 6.00. The Morgan fingerprint density at radius 1 is 1.44 bits per heavy atom. The second kappa shape index (κ2) is 5.18. The number of likely N-dealkylation sites (N-methyl/N-ethyl adjacent to an activating group) is 1. The van der Waals surface area contributed by atoms with Crippen LogP contribution in [-0.4, -0.2) is 36.6 Å². The van der Waals surface area contributed by atoms with Crippen LogP contribution in [0.25, 0.3) is 0 Å². The first-order valence-corrected chi connectivity index (χ1v) is 6.00. The van der Waals surface area contributed by atoms with Crippen molar-refractivity contribution in [3.63, 3.8) is 0 Å². The van der Waals surface area contributed by atoms with Gasteiger partial charge in [-0.15, -0.1) is 0 Å². The molecule has 1 amide bonds. The van der Waals surface area contributed by atoms with Crippen molar-refractivity contribution >= 4 is 17.6 Å². The summed E-state index contributed by atoms with van der Waals surface area (Å²) in [5.41, 5.74) is 1.99. The van der Waals surface area contributed by atoms with Crippen molar-refractivity contribution in [2.75, 3.05) is 24.5 Å². The number of rotatable bonds is 4. The quantitative estimate of drug-likeness (QED) is 0.830. The van der Waals surface area contributed by atoms with E-state index in [1.54, 1.807) is 23.1 Å². The molecule has 1 aliphatic rings. The maximum absolute atomic E-state index is 12.0. The number of anilines is 1. The lowest BCUT2D eigenvalue weighted by molar-refractivity contribution is -0.117. The first-order chi connectivity index (χ1) is 8.63. The number of aromatic carboxylic acids is 1. The van der Waals surface area contributed by atoms with Crippen molar-refractivity contribution in [3.8, 4) is 0 Å². The molecule has 5 nitrogen and oxygen atoms in total. The van der Waals surface area contributed by atoms with Crippen LogP contribution in [0.4, 0.5) is 5.69 Å². The van der Waals surface area contributed by atoms with Gasteiger partial charge in [0.2, 0.25) is 5.91 Å². The molecule has 1 aliphatic heterocycles. The van der Waals surface area contributed by atoms with Crippen molar-refractivity contribution < 1.29 is 14.7 Å². The van der Waals surface area contributed by atoms with Gasteiger partial charge in [0, 0.05) is 12.2 Å². The molecule has 0 saturated heterocycles. The normalized spacial score (nSPS) is 13.5. The summed E-state index contributed by atoms with van der Waals surface area (Å²) in [6.45, 7) is 3.59. The van der Waals surface area contributed by atoms with Gasteiger partial charge in [-0.25, -0.2) is 4.79 Å². The van der Waals surface area contributed by atoms with E-state index in [9.17, 15) is 9.59 Å². The molecule has 0 fully saturated rings. The van der Waals surface area contributed by atoms with Crippen LogP contribution < -0.4 is 10.2 Å². The smallest absolute Gasteiger partial charge is 0.335 e. The van der Waals surface area contributed by atoms with Gasteiger partial charge >= 0.3 is 5.97 Å². The molecule has 0 unspecified atom stereocenters. The Kier molecular flexibility index (Phi) is 3.62. The molecule has 0 atom stereocenters. The maximum Gasteiger partial charge on any atom is 0.335 e. The van der Waals surface area contributed by atoms with Gasteiger partial charge in [0.15, 0.2) is 0 Å². The lowest BCUT2D eigenvalue weighted by Crippen LogP contribution is -2.37. The topological polar surface area (TPSA) is 69.6 Å². The van der Waals surface area contributed by atoms with Gasteiger partial charge in [-0.3, -0.25) is 4.79 Å². The van der Waals surface area contributed by atoms with E-state index in [-0.39, 0.29) is 18.0 Å². The van der Waals surface area contributed by atoms with Gasteiger partial charge in [-0.1, -0.05) is 13.0 Å². The minimum atomic E-state index is -0.969. The van der Waals surface area contributed by atoms with Crippen molar-refractivity contribution in [1.29, 1.82) is 0 Å². The monoisotopic (exact) mass is 248 g/mol. The van der Waals surface area contributed by atoms with Crippen LogP contribution >= 0.6 is 0 Å². The minimum Gasteiger partial charge on any atom is -0.478 e. The number of benzene rings is 1. The predicted octanol–water partition coefficient (Wildman–Crippen LogP) is 0.883. The van der Waals surface area contributed by atoms with Gasteiger partial charge in [0.25, 0.3) is 0 Å². The molecule has 2 N–H and O–H groups in total. The number of carboxylic acids is 1. The van der Waals surface area contributed by atoms with Crippen LogP contribution in [0.5, 0.6) is 0 Å². The fraction of sp³-hybridized carbons (Fsp3) is 0.385. The summed E-state index contributed by atoms with van der Waals surface area (Å²) in [4.78, 5) is 24.6. The summed E-state index contributed by atoms with van der Waals surface area (Å²) in [7, 11) is 0. The highest BCUT2D eigenvalue weighted by molar-refractivity contribution is 5.98. The molecule has 1 aromatic rings. The molecule has 0 radical (unpaired) electrons. The van der Waals surface area contributed by atoms with Crippen molar-refractivity contribution in [2.24, 2.45) is 0 Å². The Balaban J connectivity index is 2.23. The van der Waals surface area contributed by atoms with Gasteiger partial charge < -0.3 is 15.3 Å². The summed E-state index contributed by atoms with van der Waals surface area (Å²) in [6, 6.07) is 4.95. The highest BCUT2D eigenvalue weighted by Crippen LogP contribution is 2.29. The Labute approximate surface area is 105 Å². The molecule has 0 bridgehead atoms. The highest BCUT2D eigenvalue weighted by Gasteiger charge is 2.25. The molecule has 5 heteroatoms. The second-order valence-electron chi connectivity index (χ2n) is 4.22. The van der Waals surface area contributed by atoms with Crippen LogP contribution in [0, 0.1) is 0 Å². The summed E-state index contributed by atoms with van der Waals surface area (Å²) < 4.78 is 0. The third-order valence-electron chi connectivity index (χ3n) is 3.06. The van der Waals surface area contributed by atoms with Gasteiger partial charge in [0.1, 0.15) is 0 Å². The fourth-order valence-electron chi connectivity index (χ4n) is 2.10. The van der Waals surface area contributed by atoms with E-state index in [1.807, 2.05) is 6.92 Å². The van der Waals surface area contributed by atoms with E-state index in [0.717, 1.165) is 24.2 Å². The second-order valence-corrected chi connectivity index (χ2v) is 4.22. The van der Waals surface area contributed by atoms with Crippen LogP contribution in [0.15, 0.2) is 18.2 Å². The molecule has 96 valence electrons. The van der Waals surface area contributed by atoms with E-state index in [4.69, 9.17) is 5.11 Å². The van der Waals surface area contributed by atoms with Crippen molar-refractivity contribution in [2.45, 2.75) is 13.3 Å². The standard InChI is InChI=1S/C13H16N2O3/c1-2-14-8-12(16)15-6-5-9-3-4-10(13(17)18)7-11(9)15/h3-4,7,14H,2,5-6,8H2,1H3,(H,17,18). The number of carbonyl (C=O) groups is 2. The van der Waals surface area contributed by atoms with Crippen LogP contribution in [-0.2, 0) is 11.2 Å². The van der Waals surface area contributed by atoms with Gasteiger partial charge in [-0.05, 0) is 30.7 Å². The molecular formula is C13H16N2O3. The third-order valence-corrected chi connectivity index (χ3v) is 3.06. The maximum atomic E-state index is 12.0. The largest absolute Gasteiger partial charge is 0.478 e. The Hall–Kier alpha value is -1.88. The van der Waals surface area contributed by atoms with Gasteiger partial charge in [0.05, 0.1) is 12.1 Å². The average molecular weight is 248 g/mol. The van der Waals surface area contributed by atoms with E-state index in [0.29, 0.717) is 6.54 Å². The van der Waals surface area contributed by atoms with Gasteiger partial charge in [-0.2, -0.15) is 0 Å². The molecule has 0 saturated carbocycles. The zero-order chi connectivity index (χ0) is 13.1. The molecule has 1 aromatic carbocycles. The van der Waals surface area contributed by atoms with E-state index < -0.39 is 5.97 Å². The zero-order valence-corrected chi connectivity index (χ0v) is 10.3. The number of hydrogen-bond donors (Lipinski definition) is 2.